The Morgan fingerprint density at radius 3 is 2.80 bits per heavy atom. The number of nitrogens with one attached hydrogen (secondary N) is 1. The maximum absolute atomic E-state index is 10.4. The average Bonchev–Trinajstić information content (AvgIpc) is 2.49. The fourth-order valence-corrected chi connectivity index (χ4v) is 1.46. The Hall–Kier alpha value is -1.70. The Bertz CT molecular complexity index is 386. The Morgan fingerprint density at radius 2 is 2.40 bits per heavy atom. The predicted molar refractivity (Wildman–Crippen MR) is 56.2 cm³/mol. The van der Waals surface area contributed by atoms with Crippen LogP contribution in [0, 0.1) is 11.8 Å². The fourth-order valence-electron chi connectivity index (χ4n) is 0.794. The lowest BCUT2D eigenvalue weighted by atomic mass is 10.6. The van der Waals surface area contributed by atoms with Gasteiger partial charge in [-0.2, -0.15) is 4.99 Å². The highest BCUT2D eigenvalue weighted by atomic mass is 32.1. The summed E-state index contributed by atoms with van der Waals surface area (Å²) in [6, 6.07) is 0. The van der Waals surface area contributed by atoms with E-state index in [1.54, 1.807) is 19.0 Å². The number of nitrogens with zero attached hydrogens (tertiary/aromatic N) is 4. The third-order valence-corrected chi connectivity index (χ3v) is 2.28. The summed E-state index contributed by atoms with van der Waals surface area (Å²) in [4.78, 5) is 20.1. The highest BCUT2D eigenvalue weighted by Crippen LogP contribution is 2.17. The van der Waals surface area contributed by atoms with E-state index in [4.69, 9.17) is 5.21 Å². The molecule has 0 unspecified atom stereocenters. The molecule has 82 valence electrons. The van der Waals surface area contributed by atoms with Gasteiger partial charge in [0.25, 0.3) is 5.96 Å². The van der Waals surface area contributed by atoms with Crippen LogP contribution in [0.2, 0.25) is 0 Å². The molecule has 1 aromatic rings. The highest BCUT2D eigenvalue weighted by molar-refractivity contribution is 7.13. The van der Waals surface area contributed by atoms with Crippen LogP contribution in [0.1, 0.15) is 5.69 Å². The molecule has 15 heavy (non-hydrogen) atoms. The number of aryl methyl sites for hydroxylation is 1. The Balaban J connectivity index is 2.88. The molecule has 0 aliphatic carbocycles. The second-order valence-corrected chi connectivity index (χ2v) is 3.82. The molecule has 0 amide bonds. The molecular weight excluding hydrogens is 218 g/mol. The van der Waals surface area contributed by atoms with Gasteiger partial charge in [0.2, 0.25) is 5.13 Å². The van der Waals surface area contributed by atoms with E-state index in [2.05, 4.69) is 15.4 Å². The lowest BCUT2D eigenvalue weighted by Crippen LogP contribution is -2.40. The molecule has 0 aliphatic rings. The van der Waals surface area contributed by atoms with E-state index < -0.39 is 5.03 Å². The lowest BCUT2D eigenvalue weighted by molar-refractivity contribution is -0.822. The monoisotopic (exact) mass is 230 g/mol. The maximum atomic E-state index is 10.4. The molecule has 2 N–H and O–H groups in total. The van der Waals surface area contributed by atoms with E-state index in [-0.39, 0.29) is 5.96 Å². The van der Waals surface area contributed by atoms with Gasteiger partial charge in [-0.25, -0.2) is 10.2 Å². The van der Waals surface area contributed by atoms with Crippen molar-refractivity contribution in [2.45, 2.75) is 6.92 Å². The molecule has 0 radical (unpaired) electrons. The number of aliphatic imine (C=N–C) groups is 1. The van der Waals surface area contributed by atoms with Crippen molar-refractivity contribution in [3.8, 4) is 0 Å². The van der Waals surface area contributed by atoms with Gasteiger partial charge in [0.15, 0.2) is 0 Å². The quantitative estimate of drug-likeness (QED) is 0.443. The summed E-state index contributed by atoms with van der Waals surface area (Å²) >= 11 is 1.35. The van der Waals surface area contributed by atoms with E-state index in [1.807, 2.05) is 12.3 Å². The molecule has 0 spiro atoms. The first-order valence-electron chi connectivity index (χ1n) is 4.10. The number of aromatic nitrogens is 1. The lowest BCUT2D eigenvalue weighted by Gasteiger charge is -2.09. The zero-order valence-electron chi connectivity index (χ0n) is 8.63. The predicted octanol–water partition coefficient (Wildman–Crippen LogP) is 0.673. The molecule has 0 aromatic carbocycles. The van der Waals surface area contributed by atoms with Gasteiger partial charge in [-0.05, 0) is 12.3 Å². The zero-order valence-corrected chi connectivity index (χ0v) is 9.45. The third kappa shape index (κ3) is 3.50. The van der Waals surface area contributed by atoms with Crippen molar-refractivity contribution in [2.24, 2.45) is 4.99 Å². The first-order valence-corrected chi connectivity index (χ1v) is 4.98. The molecule has 0 saturated carbocycles. The van der Waals surface area contributed by atoms with Gasteiger partial charge in [0.05, 0.1) is 5.69 Å². The SMILES string of the molecule is Cc1csc(/N=C(\N[N+](=O)O)N(C)C)n1. The molecule has 0 saturated heterocycles. The second-order valence-electron chi connectivity index (χ2n) is 2.99. The summed E-state index contributed by atoms with van der Waals surface area (Å²) < 4.78 is 0. The largest absolute Gasteiger partial charge is 0.362 e. The first kappa shape index (κ1) is 11.4. The van der Waals surface area contributed by atoms with Crippen LogP contribution in [0.4, 0.5) is 5.13 Å². The molecule has 1 heterocycles. The molecule has 8 heteroatoms. The van der Waals surface area contributed by atoms with Gasteiger partial charge in [0.1, 0.15) is 4.91 Å². The van der Waals surface area contributed by atoms with Crippen LogP contribution in [0.5, 0.6) is 0 Å². The van der Waals surface area contributed by atoms with E-state index in [0.717, 1.165) is 5.69 Å². The van der Waals surface area contributed by atoms with Crippen LogP contribution < -0.4 is 5.43 Å². The van der Waals surface area contributed by atoms with Crippen LogP contribution >= 0.6 is 11.3 Å². The van der Waals surface area contributed by atoms with Crippen molar-refractivity contribution >= 4 is 22.4 Å². The minimum atomic E-state index is -0.403. The molecule has 0 atom stereocenters. The number of thiazole rings is 1. The highest BCUT2D eigenvalue weighted by Gasteiger charge is 2.12. The third-order valence-electron chi connectivity index (χ3n) is 1.43. The first-order chi connectivity index (χ1) is 6.99. The topological polar surface area (TPSA) is 80.8 Å². The van der Waals surface area contributed by atoms with Crippen molar-refractivity contribution in [2.75, 3.05) is 14.1 Å². The van der Waals surface area contributed by atoms with E-state index >= 15 is 0 Å². The van der Waals surface area contributed by atoms with Crippen molar-refractivity contribution < 1.29 is 10.2 Å². The minimum Gasteiger partial charge on any atom is -0.344 e. The summed E-state index contributed by atoms with van der Waals surface area (Å²) in [6.45, 7) is 1.85. The standard InChI is InChI=1S/C7H12N5O2S/c1-5-4-15-7(8-5)9-6(11(2)3)10-12(13)14/h4H,1-3H3,(H,13,14)(H,8,9,10)/q+1. The molecule has 0 bridgehead atoms. The summed E-state index contributed by atoms with van der Waals surface area (Å²) in [5.41, 5.74) is 2.97. The molecule has 7 nitrogen and oxygen atoms in total. The summed E-state index contributed by atoms with van der Waals surface area (Å²) in [7, 11) is 3.38. The van der Waals surface area contributed by atoms with Crippen LogP contribution in [0.15, 0.2) is 10.4 Å². The molecular formula is C7H12N5O2S+. The van der Waals surface area contributed by atoms with Crippen LogP contribution in [0.25, 0.3) is 0 Å². The van der Waals surface area contributed by atoms with Gasteiger partial charge < -0.3 is 4.90 Å². The molecule has 1 rings (SSSR count). The van der Waals surface area contributed by atoms with Gasteiger partial charge in [-0.15, -0.1) is 11.3 Å². The van der Waals surface area contributed by atoms with E-state index in [9.17, 15) is 4.91 Å². The fraction of sp³-hybridized carbons (Fsp3) is 0.429. The number of hydrazine groups is 1. The minimum absolute atomic E-state index is 0.210. The van der Waals surface area contributed by atoms with Gasteiger partial charge in [-0.3, -0.25) is 0 Å². The summed E-state index contributed by atoms with van der Waals surface area (Å²) in [5.74, 6) is 0.210. The van der Waals surface area contributed by atoms with E-state index in [0.29, 0.717) is 5.13 Å². The molecule has 1 aromatic heterocycles. The summed E-state index contributed by atoms with van der Waals surface area (Å²) in [5, 5.41) is 10.5. The Labute approximate surface area is 90.6 Å². The number of hydrogen-bond acceptors (Lipinski definition) is 4. The Kier molecular flexibility index (Phi) is 3.56. The smallest absolute Gasteiger partial charge is 0.344 e. The molecule has 0 fully saturated rings. The Morgan fingerprint density at radius 1 is 1.73 bits per heavy atom. The van der Waals surface area contributed by atoms with Crippen molar-refractivity contribution in [3.05, 3.63) is 16.0 Å². The number of rotatable bonds is 2. The van der Waals surface area contributed by atoms with Crippen molar-refractivity contribution in [3.63, 3.8) is 0 Å². The second kappa shape index (κ2) is 4.69. The normalized spacial score (nSPS) is 11.3. The van der Waals surface area contributed by atoms with Crippen LogP contribution in [0.3, 0.4) is 0 Å². The van der Waals surface area contributed by atoms with Gasteiger partial charge in [-0.1, -0.05) is 0 Å². The van der Waals surface area contributed by atoms with Gasteiger partial charge in [0, 0.05) is 19.5 Å². The number of guanidine groups is 1. The van der Waals surface area contributed by atoms with Crippen LogP contribution in [-0.2, 0) is 0 Å². The van der Waals surface area contributed by atoms with Crippen LogP contribution in [-0.4, -0.2) is 40.2 Å². The zero-order chi connectivity index (χ0) is 11.4. The average molecular weight is 230 g/mol. The van der Waals surface area contributed by atoms with Crippen molar-refractivity contribution in [1.82, 2.24) is 15.3 Å². The van der Waals surface area contributed by atoms with Gasteiger partial charge >= 0.3 is 5.03 Å². The van der Waals surface area contributed by atoms with E-state index in [1.165, 1.54) is 11.3 Å². The maximum Gasteiger partial charge on any atom is 0.362 e. The number of hydrogen-bond donors (Lipinski definition) is 2. The molecule has 0 aliphatic heterocycles. The summed E-state index contributed by atoms with van der Waals surface area (Å²) in [6.07, 6.45) is 0. The van der Waals surface area contributed by atoms with Crippen molar-refractivity contribution in [1.29, 1.82) is 0 Å².